The molecule has 4 aromatic rings. The van der Waals surface area contributed by atoms with Gasteiger partial charge < -0.3 is 9.84 Å². The molecule has 0 saturated heterocycles. The van der Waals surface area contributed by atoms with E-state index in [9.17, 15) is 9.90 Å². The Labute approximate surface area is 175 Å². The van der Waals surface area contributed by atoms with Gasteiger partial charge in [0, 0.05) is 10.0 Å². The summed E-state index contributed by atoms with van der Waals surface area (Å²) in [6, 6.07) is 19.7. The number of nitrogens with zero attached hydrogens (tertiary/aromatic N) is 2. The lowest BCUT2D eigenvalue weighted by Crippen LogP contribution is -2.22. The summed E-state index contributed by atoms with van der Waals surface area (Å²) in [5.41, 5.74) is 1.61. The Morgan fingerprint density at radius 2 is 1.79 bits per heavy atom. The van der Waals surface area contributed by atoms with E-state index in [0.29, 0.717) is 33.7 Å². The second kappa shape index (κ2) is 7.93. The molecule has 0 fully saturated rings. The zero-order valence-electron chi connectivity index (χ0n) is 15.5. The lowest BCUT2D eigenvalue weighted by atomic mass is 10.1. The molecule has 1 N–H and O–H groups in total. The first-order chi connectivity index (χ1) is 14.1. The Hall–Kier alpha value is -3.38. The van der Waals surface area contributed by atoms with Crippen LogP contribution in [0.15, 0.2) is 76.0 Å². The van der Waals surface area contributed by atoms with Crippen LogP contribution in [0.4, 0.5) is 0 Å². The van der Waals surface area contributed by atoms with Crippen LogP contribution < -0.4 is 10.3 Å². The SMILES string of the molecule is COc1ccccc1-n1c(C=Cc2ccc(Br)cc2O)nc2ccccc2c1=O. The van der Waals surface area contributed by atoms with Crippen LogP contribution in [0.3, 0.4) is 0 Å². The van der Waals surface area contributed by atoms with Crippen LogP contribution in [0.5, 0.6) is 11.5 Å². The van der Waals surface area contributed by atoms with E-state index >= 15 is 0 Å². The normalized spacial score (nSPS) is 11.2. The quantitative estimate of drug-likeness (QED) is 0.475. The van der Waals surface area contributed by atoms with Crippen molar-refractivity contribution in [1.82, 2.24) is 9.55 Å². The molecule has 0 aliphatic heterocycles. The average Bonchev–Trinajstić information content (AvgIpc) is 2.73. The average molecular weight is 449 g/mol. The van der Waals surface area contributed by atoms with Crippen molar-refractivity contribution in [3.05, 3.63) is 92.9 Å². The maximum Gasteiger partial charge on any atom is 0.266 e. The van der Waals surface area contributed by atoms with E-state index < -0.39 is 0 Å². The van der Waals surface area contributed by atoms with Crippen LogP contribution >= 0.6 is 15.9 Å². The number of fused-ring (bicyclic) bond motifs is 1. The number of para-hydroxylation sites is 3. The highest BCUT2D eigenvalue weighted by Crippen LogP contribution is 2.26. The Kier molecular flexibility index (Phi) is 5.18. The summed E-state index contributed by atoms with van der Waals surface area (Å²) >= 11 is 3.33. The predicted molar refractivity (Wildman–Crippen MR) is 119 cm³/mol. The molecule has 6 heteroatoms. The molecule has 1 heterocycles. The van der Waals surface area contributed by atoms with Crippen LogP contribution in [0.2, 0.25) is 0 Å². The van der Waals surface area contributed by atoms with Gasteiger partial charge in [-0.1, -0.05) is 46.3 Å². The van der Waals surface area contributed by atoms with Gasteiger partial charge in [-0.3, -0.25) is 9.36 Å². The predicted octanol–water partition coefficient (Wildman–Crippen LogP) is 5.03. The van der Waals surface area contributed by atoms with Gasteiger partial charge in [0.1, 0.15) is 17.3 Å². The molecular weight excluding hydrogens is 432 g/mol. The van der Waals surface area contributed by atoms with Gasteiger partial charge in [-0.25, -0.2) is 4.98 Å². The Morgan fingerprint density at radius 1 is 1.03 bits per heavy atom. The highest BCUT2D eigenvalue weighted by Gasteiger charge is 2.14. The molecule has 3 aromatic carbocycles. The van der Waals surface area contributed by atoms with E-state index in [1.165, 1.54) is 4.57 Å². The molecular formula is C23H17BrN2O3. The number of aromatic nitrogens is 2. The number of phenols is 1. The monoisotopic (exact) mass is 448 g/mol. The lowest BCUT2D eigenvalue weighted by Gasteiger charge is -2.14. The third-order valence-electron chi connectivity index (χ3n) is 4.53. The number of halogens is 1. The fourth-order valence-electron chi connectivity index (χ4n) is 3.13. The maximum atomic E-state index is 13.3. The molecule has 1 aromatic heterocycles. The summed E-state index contributed by atoms with van der Waals surface area (Å²) < 4.78 is 7.76. The minimum atomic E-state index is -0.195. The molecule has 0 bridgehead atoms. The summed E-state index contributed by atoms with van der Waals surface area (Å²) in [4.78, 5) is 18.0. The van der Waals surface area contributed by atoms with Crippen LogP contribution in [-0.2, 0) is 0 Å². The fourth-order valence-corrected chi connectivity index (χ4v) is 3.48. The van der Waals surface area contributed by atoms with Gasteiger partial charge in [0.2, 0.25) is 0 Å². The first-order valence-electron chi connectivity index (χ1n) is 8.90. The van der Waals surface area contributed by atoms with Gasteiger partial charge in [0.05, 0.1) is 23.7 Å². The maximum absolute atomic E-state index is 13.3. The molecule has 0 spiro atoms. The van der Waals surface area contributed by atoms with Gasteiger partial charge in [-0.05, 0) is 48.6 Å². The van der Waals surface area contributed by atoms with Crippen molar-refractivity contribution in [2.45, 2.75) is 0 Å². The molecule has 0 saturated carbocycles. The first kappa shape index (κ1) is 19.0. The van der Waals surface area contributed by atoms with Gasteiger partial charge in [-0.2, -0.15) is 0 Å². The van der Waals surface area contributed by atoms with Crippen molar-refractivity contribution < 1.29 is 9.84 Å². The summed E-state index contributed by atoms with van der Waals surface area (Å²) in [5, 5.41) is 10.7. The van der Waals surface area contributed by atoms with Crippen molar-refractivity contribution in [2.24, 2.45) is 0 Å². The van der Waals surface area contributed by atoms with E-state index in [2.05, 4.69) is 20.9 Å². The summed E-state index contributed by atoms with van der Waals surface area (Å²) in [6.45, 7) is 0. The number of methoxy groups -OCH3 is 1. The second-order valence-corrected chi connectivity index (χ2v) is 7.25. The highest BCUT2D eigenvalue weighted by molar-refractivity contribution is 9.10. The molecule has 0 aliphatic rings. The smallest absolute Gasteiger partial charge is 0.266 e. The molecule has 4 rings (SSSR count). The van der Waals surface area contributed by atoms with Crippen molar-refractivity contribution in [3.63, 3.8) is 0 Å². The van der Waals surface area contributed by atoms with Gasteiger partial charge >= 0.3 is 0 Å². The van der Waals surface area contributed by atoms with Gasteiger partial charge in [0.25, 0.3) is 5.56 Å². The molecule has 5 nitrogen and oxygen atoms in total. The van der Waals surface area contributed by atoms with E-state index in [-0.39, 0.29) is 11.3 Å². The Balaban J connectivity index is 1.97. The largest absolute Gasteiger partial charge is 0.507 e. The number of hydrogen-bond acceptors (Lipinski definition) is 4. The second-order valence-electron chi connectivity index (χ2n) is 6.34. The van der Waals surface area contributed by atoms with E-state index in [4.69, 9.17) is 4.74 Å². The molecule has 0 unspecified atom stereocenters. The topological polar surface area (TPSA) is 64.3 Å². The molecule has 0 amide bonds. The van der Waals surface area contributed by atoms with Crippen LogP contribution in [-0.4, -0.2) is 21.8 Å². The van der Waals surface area contributed by atoms with Crippen LogP contribution in [0.25, 0.3) is 28.7 Å². The lowest BCUT2D eigenvalue weighted by molar-refractivity contribution is 0.412. The Bertz CT molecular complexity index is 1300. The first-order valence-corrected chi connectivity index (χ1v) is 9.69. The van der Waals surface area contributed by atoms with E-state index in [0.717, 1.165) is 4.47 Å². The summed E-state index contributed by atoms with van der Waals surface area (Å²) in [7, 11) is 1.56. The minimum Gasteiger partial charge on any atom is -0.507 e. The van der Waals surface area contributed by atoms with Crippen LogP contribution in [0.1, 0.15) is 11.4 Å². The van der Waals surface area contributed by atoms with E-state index in [1.54, 1.807) is 49.6 Å². The highest BCUT2D eigenvalue weighted by atomic mass is 79.9. The third-order valence-corrected chi connectivity index (χ3v) is 5.03. The van der Waals surface area contributed by atoms with Gasteiger partial charge in [0.15, 0.2) is 0 Å². The minimum absolute atomic E-state index is 0.127. The number of hydrogen-bond donors (Lipinski definition) is 1. The molecule has 144 valence electrons. The molecule has 29 heavy (non-hydrogen) atoms. The van der Waals surface area contributed by atoms with Crippen LogP contribution in [0, 0.1) is 0 Å². The molecule has 0 atom stereocenters. The number of ether oxygens (including phenoxy) is 1. The van der Waals surface area contributed by atoms with Crippen molar-refractivity contribution in [1.29, 1.82) is 0 Å². The van der Waals surface area contributed by atoms with Gasteiger partial charge in [-0.15, -0.1) is 0 Å². The number of benzene rings is 3. The third kappa shape index (κ3) is 3.67. The Morgan fingerprint density at radius 3 is 2.59 bits per heavy atom. The summed E-state index contributed by atoms with van der Waals surface area (Å²) in [5.74, 6) is 1.12. The summed E-state index contributed by atoms with van der Waals surface area (Å²) in [6.07, 6.45) is 3.44. The van der Waals surface area contributed by atoms with E-state index in [1.807, 2.05) is 36.4 Å². The number of phenolic OH excluding ortho intramolecular Hbond substituents is 1. The molecule has 0 aliphatic carbocycles. The van der Waals surface area contributed by atoms with Crippen molar-refractivity contribution in [2.75, 3.05) is 7.11 Å². The standard InChI is InChI=1S/C23H17BrN2O3/c1-29-21-9-5-4-8-19(21)26-22(13-11-15-10-12-16(24)14-20(15)27)25-18-7-3-2-6-17(18)23(26)28/h2-14,27H,1H3. The zero-order chi connectivity index (χ0) is 20.4. The number of rotatable bonds is 4. The number of aromatic hydroxyl groups is 1. The van der Waals surface area contributed by atoms with Crippen molar-refractivity contribution in [3.8, 4) is 17.2 Å². The fraction of sp³-hybridized carbons (Fsp3) is 0.0435. The molecule has 0 radical (unpaired) electrons. The van der Waals surface area contributed by atoms with Crippen molar-refractivity contribution >= 4 is 39.0 Å². The zero-order valence-corrected chi connectivity index (χ0v) is 17.1.